The SMILES string of the molecule is CCC(C)(O)CNC1CCCS(=O)(=O)C1. The molecule has 2 unspecified atom stereocenters. The van der Waals surface area contributed by atoms with Crippen LogP contribution in [0.4, 0.5) is 0 Å². The zero-order valence-electron chi connectivity index (χ0n) is 9.49. The van der Waals surface area contributed by atoms with Gasteiger partial charge in [-0.25, -0.2) is 8.42 Å². The van der Waals surface area contributed by atoms with Crippen LogP contribution in [0.15, 0.2) is 0 Å². The summed E-state index contributed by atoms with van der Waals surface area (Å²) in [5.41, 5.74) is -0.735. The van der Waals surface area contributed by atoms with Crippen molar-refractivity contribution < 1.29 is 13.5 Å². The van der Waals surface area contributed by atoms with E-state index in [1.165, 1.54) is 0 Å². The highest BCUT2D eigenvalue weighted by Crippen LogP contribution is 2.13. The quantitative estimate of drug-likeness (QED) is 0.736. The molecular formula is C10H21NO3S. The van der Waals surface area contributed by atoms with Crippen LogP contribution in [0.5, 0.6) is 0 Å². The number of aliphatic hydroxyl groups is 1. The van der Waals surface area contributed by atoms with E-state index in [0.29, 0.717) is 18.7 Å². The second-order valence-electron chi connectivity index (χ2n) is 4.68. The third kappa shape index (κ3) is 4.49. The Morgan fingerprint density at radius 1 is 1.53 bits per heavy atom. The molecular weight excluding hydrogens is 214 g/mol. The highest BCUT2D eigenvalue weighted by atomic mass is 32.2. The van der Waals surface area contributed by atoms with E-state index in [0.717, 1.165) is 12.8 Å². The molecule has 4 nitrogen and oxygen atoms in total. The lowest BCUT2D eigenvalue weighted by Crippen LogP contribution is -2.46. The van der Waals surface area contributed by atoms with Crippen LogP contribution in [0.3, 0.4) is 0 Å². The lowest BCUT2D eigenvalue weighted by atomic mass is 10.0. The first kappa shape index (κ1) is 12.9. The summed E-state index contributed by atoms with van der Waals surface area (Å²) in [7, 11) is -2.85. The largest absolute Gasteiger partial charge is 0.389 e. The van der Waals surface area contributed by atoms with Crippen molar-refractivity contribution in [1.82, 2.24) is 5.32 Å². The van der Waals surface area contributed by atoms with Gasteiger partial charge in [-0.1, -0.05) is 6.92 Å². The van der Waals surface area contributed by atoms with Gasteiger partial charge in [-0.3, -0.25) is 0 Å². The second kappa shape index (κ2) is 4.80. The normalized spacial score (nSPS) is 29.7. The van der Waals surface area contributed by atoms with E-state index in [1.807, 2.05) is 6.92 Å². The van der Waals surface area contributed by atoms with Gasteiger partial charge >= 0.3 is 0 Å². The van der Waals surface area contributed by atoms with Crippen molar-refractivity contribution in [2.45, 2.75) is 44.8 Å². The zero-order valence-corrected chi connectivity index (χ0v) is 10.3. The van der Waals surface area contributed by atoms with E-state index in [4.69, 9.17) is 0 Å². The molecule has 2 atom stereocenters. The van der Waals surface area contributed by atoms with Gasteiger partial charge in [0.25, 0.3) is 0 Å². The Morgan fingerprint density at radius 3 is 2.73 bits per heavy atom. The van der Waals surface area contributed by atoms with Crippen LogP contribution in [0.1, 0.15) is 33.1 Å². The highest BCUT2D eigenvalue weighted by Gasteiger charge is 2.26. The van der Waals surface area contributed by atoms with E-state index in [-0.39, 0.29) is 11.8 Å². The summed E-state index contributed by atoms with van der Waals surface area (Å²) in [6.07, 6.45) is 2.28. The monoisotopic (exact) mass is 235 g/mol. The third-order valence-corrected chi connectivity index (χ3v) is 4.82. The van der Waals surface area contributed by atoms with Gasteiger partial charge in [0.1, 0.15) is 0 Å². The number of sulfone groups is 1. The predicted octanol–water partition coefficient (Wildman–Crippen LogP) is 0.314. The molecule has 1 saturated heterocycles. The maximum absolute atomic E-state index is 11.4. The standard InChI is InChI=1S/C10H21NO3S/c1-3-10(2,12)8-11-9-5-4-6-15(13,14)7-9/h9,11-12H,3-8H2,1-2H3. The Bertz CT molecular complexity index is 298. The molecule has 1 heterocycles. The van der Waals surface area contributed by atoms with Crippen LogP contribution < -0.4 is 5.32 Å². The summed E-state index contributed by atoms with van der Waals surface area (Å²) in [6.45, 7) is 4.14. The van der Waals surface area contributed by atoms with Gasteiger partial charge in [-0.05, 0) is 26.2 Å². The molecule has 0 radical (unpaired) electrons. The van der Waals surface area contributed by atoms with E-state index >= 15 is 0 Å². The van der Waals surface area contributed by atoms with Crippen molar-refractivity contribution in [3.63, 3.8) is 0 Å². The predicted molar refractivity (Wildman–Crippen MR) is 60.6 cm³/mol. The first-order valence-electron chi connectivity index (χ1n) is 5.51. The van der Waals surface area contributed by atoms with Crippen molar-refractivity contribution in [1.29, 1.82) is 0 Å². The van der Waals surface area contributed by atoms with Crippen LogP contribution in [-0.2, 0) is 9.84 Å². The minimum absolute atomic E-state index is 0.0155. The van der Waals surface area contributed by atoms with Crippen LogP contribution in [-0.4, -0.2) is 43.2 Å². The third-order valence-electron chi connectivity index (χ3n) is 3.00. The van der Waals surface area contributed by atoms with Gasteiger partial charge in [-0.2, -0.15) is 0 Å². The van der Waals surface area contributed by atoms with Crippen LogP contribution in [0.2, 0.25) is 0 Å². The average Bonchev–Trinajstić information content (AvgIpc) is 2.14. The van der Waals surface area contributed by atoms with E-state index in [9.17, 15) is 13.5 Å². The molecule has 15 heavy (non-hydrogen) atoms. The van der Waals surface area contributed by atoms with Gasteiger partial charge in [-0.15, -0.1) is 0 Å². The molecule has 0 aliphatic carbocycles. The lowest BCUT2D eigenvalue weighted by molar-refractivity contribution is 0.0530. The Kier molecular flexibility index (Phi) is 4.14. The van der Waals surface area contributed by atoms with Crippen LogP contribution in [0, 0.1) is 0 Å². The molecule has 0 bridgehead atoms. The molecule has 1 aliphatic heterocycles. The highest BCUT2D eigenvalue weighted by molar-refractivity contribution is 7.91. The maximum atomic E-state index is 11.4. The summed E-state index contributed by atoms with van der Waals surface area (Å²) >= 11 is 0. The van der Waals surface area contributed by atoms with Crippen molar-refractivity contribution in [3.05, 3.63) is 0 Å². The Morgan fingerprint density at radius 2 is 2.20 bits per heavy atom. The first-order chi connectivity index (χ1) is 6.85. The fraction of sp³-hybridized carbons (Fsp3) is 1.00. The van der Waals surface area contributed by atoms with E-state index < -0.39 is 15.4 Å². The number of hydrogen-bond acceptors (Lipinski definition) is 4. The summed E-state index contributed by atoms with van der Waals surface area (Å²) in [5, 5.41) is 12.9. The fourth-order valence-corrected chi connectivity index (χ4v) is 3.34. The summed E-state index contributed by atoms with van der Waals surface area (Å²) in [6, 6.07) is 0.0155. The molecule has 0 saturated carbocycles. The Labute approximate surface area is 92.0 Å². The second-order valence-corrected chi connectivity index (χ2v) is 6.91. The Balaban J connectivity index is 2.40. The molecule has 1 rings (SSSR count). The van der Waals surface area contributed by atoms with Crippen molar-refractivity contribution in [3.8, 4) is 0 Å². The summed E-state index contributed by atoms with van der Waals surface area (Å²) in [4.78, 5) is 0. The van der Waals surface area contributed by atoms with Gasteiger partial charge in [0.05, 0.1) is 17.1 Å². The number of nitrogens with one attached hydrogen (secondary N) is 1. The smallest absolute Gasteiger partial charge is 0.151 e. The van der Waals surface area contributed by atoms with Crippen LogP contribution >= 0.6 is 0 Å². The zero-order chi connectivity index (χ0) is 11.5. The fourth-order valence-electron chi connectivity index (χ4n) is 1.67. The van der Waals surface area contributed by atoms with Gasteiger partial charge < -0.3 is 10.4 Å². The van der Waals surface area contributed by atoms with Gasteiger partial charge in [0.15, 0.2) is 9.84 Å². The molecule has 0 aromatic carbocycles. The van der Waals surface area contributed by atoms with E-state index in [2.05, 4.69) is 5.32 Å². The molecule has 1 fully saturated rings. The molecule has 0 aromatic rings. The number of rotatable bonds is 4. The van der Waals surface area contributed by atoms with Crippen molar-refractivity contribution in [2.75, 3.05) is 18.1 Å². The average molecular weight is 235 g/mol. The summed E-state index contributed by atoms with van der Waals surface area (Å²) < 4.78 is 22.7. The maximum Gasteiger partial charge on any atom is 0.151 e. The number of hydrogen-bond donors (Lipinski definition) is 2. The van der Waals surface area contributed by atoms with Crippen LogP contribution in [0.25, 0.3) is 0 Å². The minimum Gasteiger partial charge on any atom is -0.389 e. The molecule has 2 N–H and O–H groups in total. The molecule has 0 spiro atoms. The van der Waals surface area contributed by atoms with Gasteiger partial charge in [0, 0.05) is 12.6 Å². The Hall–Kier alpha value is -0.130. The van der Waals surface area contributed by atoms with E-state index in [1.54, 1.807) is 6.92 Å². The summed E-state index contributed by atoms with van der Waals surface area (Å²) in [5.74, 6) is 0.530. The van der Waals surface area contributed by atoms with Crippen molar-refractivity contribution in [2.24, 2.45) is 0 Å². The first-order valence-corrected chi connectivity index (χ1v) is 7.33. The minimum atomic E-state index is -2.85. The molecule has 0 aromatic heterocycles. The van der Waals surface area contributed by atoms with Crippen molar-refractivity contribution >= 4 is 9.84 Å². The molecule has 0 amide bonds. The molecule has 5 heteroatoms. The molecule has 1 aliphatic rings. The van der Waals surface area contributed by atoms with Gasteiger partial charge in [0.2, 0.25) is 0 Å². The lowest BCUT2D eigenvalue weighted by Gasteiger charge is -2.28. The topological polar surface area (TPSA) is 66.4 Å². The molecule has 90 valence electrons.